The lowest BCUT2D eigenvalue weighted by molar-refractivity contribution is -0.115. The van der Waals surface area contributed by atoms with Gasteiger partial charge in [-0.05, 0) is 63.1 Å². The number of rotatable bonds is 8. The van der Waals surface area contributed by atoms with Crippen LogP contribution in [0, 0.1) is 6.92 Å². The van der Waals surface area contributed by atoms with Crippen LogP contribution in [0.15, 0.2) is 47.6 Å². The Kier molecular flexibility index (Phi) is 7.51. The van der Waals surface area contributed by atoms with Crippen LogP contribution < -0.4 is 5.32 Å². The molecule has 1 amide bonds. The Bertz CT molecular complexity index is 1100. The number of carbonyl (C=O) groups is 2. The van der Waals surface area contributed by atoms with Gasteiger partial charge in [-0.2, -0.15) is 0 Å². The molecule has 0 radical (unpaired) electrons. The average Bonchev–Trinajstić information content (AvgIpc) is 3.16. The van der Waals surface area contributed by atoms with Gasteiger partial charge in [0, 0.05) is 28.4 Å². The Hall–Kier alpha value is -2.64. The van der Waals surface area contributed by atoms with E-state index >= 15 is 0 Å². The van der Waals surface area contributed by atoms with Crippen molar-refractivity contribution in [2.45, 2.75) is 51.1 Å². The van der Waals surface area contributed by atoms with Crippen LogP contribution in [0.4, 0.5) is 5.69 Å². The third-order valence-corrected chi connectivity index (χ3v) is 6.68. The quantitative estimate of drug-likeness (QED) is 0.350. The van der Waals surface area contributed by atoms with E-state index in [1.54, 1.807) is 24.3 Å². The highest BCUT2D eigenvalue weighted by Crippen LogP contribution is 2.30. The summed E-state index contributed by atoms with van der Waals surface area (Å²) >= 11 is 7.67. The van der Waals surface area contributed by atoms with Crippen LogP contribution in [-0.4, -0.2) is 31.7 Å². The first-order valence-corrected chi connectivity index (χ1v) is 11.4. The molecule has 8 heteroatoms. The molecular formula is C23H25ClN4O2S. The van der Waals surface area contributed by atoms with Crippen LogP contribution >= 0.6 is 23.4 Å². The van der Waals surface area contributed by atoms with Gasteiger partial charge in [0.15, 0.2) is 16.8 Å². The molecule has 3 rings (SSSR count). The van der Waals surface area contributed by atoms with E-state index in [9.17, 15) is 9.59 Å². The first-order chi connectivity index (χ1) is 14.8. The fraction of sp³-hybridized carbons (Fsp3) is 0.304. The first kappa shape index (κ1) is 23.0. The molecule has 162 valence electrons. The summed E-state index contributed by atoms with van der Waals surface area (Å²) in [5.74, 6) is 0.597. The van der Waals surface area contributed by atoms with Gasteiger partial charge in [-0.25, -0.2) is 0 Å². The van der Waals surface area contributed by atoms with Crippen molar-refractivity contribution in [1.82, 2.24) is 14.8 Å². The third-order valence-electron chi connectivity index (χ3n) is 4.93. The molecule has 1 atom stereocenters. The minimum Gasteiger partial charge on any atom is -0.325 e. The largest absolute Gasteiger partial charge is 0.325 e. The number of benzene rings is 2. The smallest absolute Gasteiger partial charge is 0.237 e. The third kappa shape index (κ3) is 5.35. The molecule has 3 aromatic rings. The van der Waals surface area contributed by atoms with Gasteiger partial charge < -0.3 is 9.88 Å². The molecule has 1 heterocycles. The summed E-state index contributed by atoms with van der Waals surface area (Å²) in [6.07, 6.45) is 0.629. The Labute approximate surface area is 191 Å². The van der Waals surface area contributed by atoms with Crippen LogP contribution in [0.3, 0.4) is 0 Å². The SMILES string of the molecule is CCC(Sc1nnc(-c2ccc(C)c(Cl)c2)n1CC)C(=O)Nc1ccc(C(C)=O)cc1. The number of hydrogen-bond donors (Lipinski definition) is 1. The van der Waals surface area contributed by atoms with Crippen LogP contribution in [0.2, 0.25) is 5.02 Å². The zero-order valence-corrected chi connectivity index (χ0v) is 19.5. The van der Waals surface area contributed by atoms with Crippen molar-refractivity contribution in [1.29, 1.82) is 0 Å². The maximum absolute atomic E-state index is 12.9. The van der Waals surface area contributed by atoms with Crippen LogP contribution in [0.5, 0.6) is 0 Å². The van der Waals surface area contributed by atoms with Crippen LogP contribution in [-0.2, 0) is 11.3 Å². The standard InChI is InChI=1S/C23H25ClN4O2S/c1-5-20(22(30)25-18-11-9-16(10-12-18)15(4)29)31-23-27-26-21(28(23)6-2)17-8-7-14(3)19(24)13-17/h7-13,20H,5-6H2,1-4H3,(H,25,30). The Morgan fingerprint density at radius 3 is 2.42 bits per heavy atom. The number of aryl methyl sites for hydroxylation is 1. The zero-order chi connectivity index (χ0) is 22.5. The Balaban J connectivity index is 1.78. The van der Waals surface area contributed by atoms with Gasteiger partial charge in [-0.15, -0.1) is 10.2 Å². The number of hydrogen-bond acceptors (Lipinski definition) is 5. The van der Waals surface area contributed by atoms with Crippen molar-refractivity contribution < 1.29 is 9.59 Å². The van der Waals surface area contributed by atoms with E-state index in [2.05, 4.69) is 15.5 Å². The number of anilines is 1. The molecule has 0 saturated heterocycles. The average molecular weight is 457 g/mol. The molecule has 6 nitrogen and oxygen atoms in total. The molecule has 0 aliphatic carbocycles. The Morgan fingerprint density at radius 1 is 1.13 bits per heavy atom. The van der Waals surface area contributed by atoms with Crippen molar-refractivity contribution in [3.05, 3.63) is 58.6 Å². The number of carbonyl (C=O) groups excluding carboxylic acids is 2. The van der Waals surface area contributed by atoms with Gasteiger partial charge in [-0.1, -0.05) is 42.4 Å². The number of thioether (sulfide) groups is 1. The summed E-state index contributed by atoms with van der Waals surface area (Å²) in [7, 11) is 0. The summed E-state index contributed by atoms with van der Waals surface area (Å²) in [5, 5.41) is 12.6. The Morgan fingerprint density at radius 2 is 1.84 bits per heavy atom. The number of Topliss-reactive ketones (excluding diaryl/α,β-unsaturated/α-hetero) is 1. The molecule has 0 saturated carbocycles. The monoisotopic (exact) mass is 456 g/mol. The van der Waals surface area contributed by atoms with Crippen molar-refractivity contribution >= 4 is 40.7 Å². The van der Waals surface area contributed by atoms with Gasteiger partial charge >= 0.3 is 0 Å². The number of nitrogens with one attached hydrogen (secondary N) is 1. The lowest BCUT2D eigenvalue weighted by Crippen LogP contribution is -2.25. The number of nitrogens with zero attached hydrogens (tertiary/aromatic N) is 3. The summed E-state index contributed by atoms with van der Waals surface area (Å²) in [6, 6.07) is 12.7. The topological polar surface area (TPSA) is 76.9 Å². The fourth-order valence-electron chi connectivity index (χ4n) is 3.07. The summed E-state index contributed by atoms with van der Waals surface area (Å²) in [5.41, 5.74) is 3.15. The molecule has 1 N–H and O–H groups in total. The molecule has 0 aliphatic heterocycles. The normalized spacial score (nSPS) is 11.9. The van der Waals surface area contributed by atoms with Crippen LogP contribution in [0.1, 0.15) is 43.1 Å². The van der Waals surface area contributed by atoms with E-state index in [4.69, 9.17) is 11.6 Å². The van der Waals surface area contributed by atoms with Gasteiger partial charge in [0.25, 0.3) is 0 Å². The second-order valence-electron chi connectivity index (χ2n) is 7.15. The number of amides is 1. The molecule has 1 unspecified atom stereocenters. The molecule has 1 aromatic heterocycles. The predicted molar refractivity (Wildman–Crippen MR) is 126 cm³/mol. The fourth-order valence-corrected chi connectivity index (χ4v) is 4.27. The van der Waals surface area contributed by atoms with Crippen molar-refractivity contribution in [2.75, 3.05) is 5.32 Å². The van der Waals surface area contributed by atoms with Gasteiger partial charge in [0.2, 0.25) is 5.91 Å². The number of ketones is 1. The lowest BCUT2D eigenvalue weighted by atomic mass is 10.1. The van der Waals surface area contributed by atoms with Crippen molar-refractivity contribution in [3.63, 3.8) is 0 Å². The lowest BCUT2D eigenvalue weighted by Gasteiger charge is -2.15. The van der Waals surface area contributed by atoms with Gasteiger partial charge in [0.05, 0.1) is 5.25 Å². The van der Waals surface area contributed by atoms with Gasteiger partial charge in [-0.3, -0.25) is 9.59 Å². The highest BCUT2D eigenvalue weighted by molar-refractivity contribution is 8.00. The van der Waals surface area contributed by atoms with Crippen molar-refractivity contribution in [3.8, 4) is 11.4 Å². The molecule has 0 spiro atoms. The highest BCUT2D eigenvalue weighted by atomic mass is 35.5. The predicted octanol–water partition coefficient (Wildman–Crippen LogP) is 5.64. The first-order valence-electron chi connectivity index (χ1n) is 10.1. The molecule has 2 aromatic carbocycles. The summed E-state index contributed by atoms with van der Waals surface area (Å²) < 4.78 is 1.99. The highest BCUT2D eigenvalue weighted by Gasteiger charge is 2.23. The molecule has 31 heavy (non-hydrogen) atoms. The van der Waals surface area contributed by atoms with Crippen LogP contribution in [0.25, 0.3) is 11.4 Å². The van der Waals surface area contributed by atoms with E-state index in [0.717, 1.165) is 17.0 Å². The molecule has 0 aliphatic rings. The summed E-state index contributed by atoms with van der Waals surface area (Å²) in [4.78, 5) is 24.3. The van der Waals surface area contributed by atoms with Crippen molar-refractivity contribution in [2.24, 2.45) is 0 Å². The minimum absolute atomic E-state index is 0.00978. The molecular weight excluding hydrogens is 432 g/mol. The molecule has 0 fully saturated rings. The maximum Gasteiger partial charge on any atom is 0.237 e. The number of halogens is 1. The molecule has 0 bridgehead atoms. The van der Waals surface area contributed by atoms with E-state index in [1.807, 2.05) is 43.5 Å². The van der Waals surface area contributed by atoms with E-state index in [-0.39, 0.29) is 16.9 Å². The summed E-state index contributed by atoms with van der Waals surface area (Å²) in [6.45, 7) is 8.12. The number of aromatic nitrogens is 3. The second-order valence-corrected chi connectivity index (χ2v) is 8.73. The maximum atomic E-state index is 12.9. The van der Waals surface area contributed by atoms with E-state index in [1.165, 1.54) is 18.7 Å². The van der Waals surface area contributed by atoms with E-state index in [0.29, 0.717) is 34.4 Å². The second kappa shape index (κ2) is 10.1. The zero-order valence-electron chi connectivity index (χ0n) is 18.0. The minimum atomic E-state index is -0.337. The van der Waals surface area contributed by atoms with Gasteiger partial charge in [0.1, 0.15) is 0 Å². The van der Waals surface area contributed by atoms with E-state index < -0.39 is 0 Å².